The highest BCUT2D eigenvalue weighted by Gasteiger charge is 2.61. The number of rotatable bonds is 3. The maximum Gasteiger partial charge on any atom is 0.221 e. The Morgan fingerprint density at radius 2 is 1.87 bits per heavy atom. The van der Waals surface area contributed by atoms with Crippen molar-refractivity contribution in [1.82, 2.24) is 5.32 Å². The van der Waals surface area contributed by atoms with Crippen LogP contribution >= 0.6 is 0 Å². The van der Waals surface area contributed by atoms with Crippen LogP contribution in [0.3, 0.4) is 0 Å². The van der Waals surface area contributed by atoms with E-state index in [1.807, 2.05) is 24.3 Å². The quantitative estimate of drug-likeness (QED) is 0.724. The van der Waals surface area contributed by atoms with Gasteiger partial charge in [-0.3, -0.25) is 9.59 Å². The highest BCUT2D eigenvalue weighted by molar-refractivity contribution is 5.88. The molecule has 4 aliphatic rings. The van der Waals surface area contributed by atoms with Crippen LogP contribution in [0.1, 0.15) is 72.1 Å². The summed E-state index contributed by atoms with van der Waals surface area (Å²) in [5.74, 6) is 3.20. The van der Waals surface area contributed by atoms with Crippen molar-refractivity contribution in [3.63, 3.8) is 0 Å². The first-order valence-electron chi connectivity index (χ1n) is 12.1. The Labute approximate surface area is 185 Å². The first-order chi connectivity index (χ1) is 14.8. The molecule has 1 aromatic rings. The number of hydrogen-bond donors (Lipinski definition) is 2. The molecule has 3 saturated carbocycles. The molecule has 3 aliphatic carbocycles. The van der Waals surface area contributed by atoms with Crippen molar-refractivity contribution in [2.45, 2.75) is 84.3 Å². The van der Waals surface area contributed by atoms with Gasteiger partial charge in [0.25, 0.3) is 0 Å². The number of nitrogens with one attached hydrogen (secondary N) is 2. The van der Waals surface area contributed by atoms with Crippen LogP contribution in [-0.4, -0.2) is 24.0 Å². The minimum atomic E-state index is -0.0636. The predicted molar refractivity (Wildman–Crippen MR) is 121 cm³/mol. The van der Waals surface area contributed by atoms with Crippen molar-refractivity contribution in [3.05, 3.63) is 24.3 Å². The van der Waals surface area contributed by atoms with E-state index in [1.165, 1.54) is 32.6 Å². The second-order valence-electron chi connectivity index (χ2n) is 11.0. The summed E-state index contributed by atoms with van der Waals surface area (Å²) < 4.78 is 6.59. The molecule has 5 nitrogen and oxygen atoms in total. The van der Waals surface area contributed by atoms with E-state index >= 15 is 0 Å². The number of ether oxygens (including phenoxy) is 1. The van der Waals surface area contributed by atoms with Crippen LogP contribution in [0.5, 0.6) is 5.75 Å². The summed E-state index contributed by atoms with van der Waals surface area (Å²) in [4.78, 5) is 23.4. The number of hydrogen-bond acceptors (Lipinski definition) is 3. The Bertz CT molecular complexity index is 885. The van der Waals surface area contributed by atoms with Gasteiger partial charge in [-0.05, 0) is 80.2 Å². The molecule has 0 bridgehead atoms. The third kappa shape index (κ3) is 3.44. The molecular formula is C26H36N2O3. The van der Waals surface area contributed by atoms with E-state index in [0.717, 1.165) is 36.6 Å². The number of amides is 2. The Kier molecular flexibility index (Phi) is 5.06. The van der Waals surface area contributed by atoms with Gasteiger partial charge in [-0.2, -0.15) is 0 Å². The van der Waals surface area contributed by atoms with Crippen molar-refractivity contribution in [2.75, 3.05) is 5.32 Å². The standard InChI is InChI=1S/C26H36N2O3/c1-16(29)27-17-5-4-6-18(15-17)31-23-10-8-20-19-7-9-22-25(2,14-12-24(30)28-22)21(19)11-13-26(20,23)3/h4-6,15,19-23H,7-14H2,1-3H3,(H,27,29)(H,28,30)/t19?,20?,21?,22?,23-,25+,26-/m0/s1. The van der Waals surface area contributed by atoms with Crippen LogP contribution in [0.4, 0.5) is 5.69 Å². The Morgan fingerprint density at radius 1 is 1.06 bits per heavy atom. The van der Waals surface area contributed by atoms with Crippen LogP contribution in [0.15, 0.2) is 24.3 Å². The minimum Gasteiger partial charge on any atom is -0.490 e. The van der Waals surface area contributed by atoms with Crippen LogP contribution in [0.2, 0.25) is 0 Å². The normalized spacial score (nSPS) is 41.4. The monoisotopic (exact) mass is 424 g/mol. The molecule has 168 valence electrons. The number of fused-ring (bicyclic) bond motifs is 5. The van der Waals surface area contributed by atoms with E-state index in [-0.39, 0.29) is 28.7 Å². The minimum absolute atomic E-state index is 0.0636. The number of benzene rings is 1. The number of anilines is 1. The maximum atomic E-state index is 12.0. The lowest BCUT2D eigenvalue weighted by atomic mass is 9.47. The molecule has 1 heterocycles. The van der Waals surface area contributed by atoms with Crippen molar-refractivity contribution >= 4 is 17.5 Å². The highest BCUT2D eigenvalue weighted by Crippen LogP contribution is 2.64. The van der Waals surface area contributed by atoms with E-state index in [9.17, 15) is 9.59 Å². The van der Waals surface area contributed by atoms with Gasteiger partial charge in [-0.25, -0.2) is 0 Å². The molecule has 4 fully saturated rings. The van der Waals surface area contributed by atoms with E-state index < -0.39 is 0 Å². The Morgan fingerprint density at radius 3 is 2.68 bits per heavy atom. The summed E-state index contributed by atoms with van der Waals surface area (Å²) in [7, 11) is 0. The summed E-state index contributed by atoms with van der Waals surface area (Å²) in [5.41, 5.74) is 1.25. The average molecular weight is 425 g/mol. The molecule has 2 amide bonds. The molecule has 1 saturated heterocycles. The fourth-order valence-corrected chi connectivity index (χ4v) is 7.86. The molecule has 5 heteroatoms. The lowest BCUT2D eigenvalue weighted by Gasteiger charge is -2.60. The molecular weight excluding hydrogens is 388 g/mol. The van der Waals surface area contributed by atoms with Crippen molar-refractivity contribution in [1.29, 1.82) is 0 Å². The summed E-state index contributed by atoms with van der Waals surface area (Å²) >= 11 is 0. The molecule has 7 atom stereocenters. The van der Waals surface area contributed by atoms with Crippen molar-refractivity contribution in [2.24, 2.45) is 28.6 Å². The summed E-state index contributed by atoms with van der Waals surface area (Å²) in [6, 6.07) is 8.17. The first kappa shape index (κ1) is 20.8. The smallest absolute Gasteiger partial charge is 0.221 e. The lowest BCUT2D eigenvalue weighted by Crippen LogP contribution is -2.61. The average Bonchev–Trinajstić information content (AvgIpc) is 3.05. The molecule has 0 spiro atoms. The van der Waals surface area contributed by atoms with Gasteiger partial charge >= 0.3 is 0 Å². The molecule has 2 N–H and O–H groups in total. The zero-order chi connectivity index (χ0) is 21.8. The van der Waals surface area contributed by atoms with E-state index in [2.05, 4.69) is 24.5 Å². The first-order valence-corrected chi connectivity index (χ1v) is 12.1. The van der Waals surface area contributed by atoms with Gasteiger partial charge < -0.3 is 15.4 Å². The van der Waals surface area contributed by atoms with Gasteiger partial charge in [0.05, 0.1) is 0 Å². The second-order valence-corrected chi connectivity index (χ2v) is 11.0. The highest BCUT2D eigenvalue weighted by atomic mass is 16.5. The van der Waals surface area contributed by atoms with E-state index in [1.54, 1.807) is 0 Å². The summed E-state index contributed by atoms with van der Waals surface area (Å²) in [6.07, 6.45) is 9.10. The van der Waals surface area contributed by atoms with Gasteiger partial charge in [0.1, 0.15) is 11.9 Å². The van der Waals surface area contributed by atoms with Gasteiger partial charge in [0, 0.05) is 36.6 Å². The van der Waals surface area contributed by atoms with Crippen LogP contribution < -0.4 is 15.4 Å². The SMILES string of the molecule is CC(=O)Nc1cccc(O[C@H]2CCC3C4CCC5NC(=O)CC[C@]5(C)C4CC[C@@]32C)c1. The van der Waals surface area contributed by atoms with E-state index in [0.29, 0.717) is 24.3 Å². The summed E-state index contributed by atoms with van der Waals surface area (Å²) in [6.45, 7) is 6.44. The van der Waals surface area contributed by atoms with Gasteiger partial charge in [-0.15, -0.1) is 0 Å². The summed E-state index contributed by atoms with van der Waals surface area (Å²) in [5, 5.41) is 6.19. The zero-order valence-corrected chi connectivity index (χ0v) is 19.1. The Balaban J connectivity index is 1.33. The predicted octanol–water partition coefficient (Wildman–Crippen LogP) is 4.91. The van der Waals surface area contributed by atoms with Crippen LogP contribution in [0.25, 0.3) is 0 Å². The van der Waals surface area contributed by atoms with E-state index in [4.69, 9.17) is 4.74 Å². The molecule has 1 aliphatic heterocycles. The van der Waals surface area contributed by atoms with Crippen molar-refractivity contribution < 1.29 is 14.3 Å². The third-order valence-electron chi connectivity index (χ3n) is 9.44. The Hall–Kier alpha value is -2.04. The molecule has 0 radical (unpaired) electrons. The lowest BCUT2D eigenvalue weighted by molar-refractivity contribution is -0.137. The number of piperidine rings is 1. The topological polar surface area (TPSA) is 67.4 Å². The largest absolute Gasteiger partial charge is 0.490 e. The maximum absolute atomic E-state index is 12.0. The molecule has 4 unspecified atom stereocenters. The fourth-order valence-electron chi connectivity index (χ4n) is 7.86. The van der Waals surface area contributed by atoms with Crippen LogP contribution in [-0.2, 0) is 9.59 Å². The number of carbonyl (C=O) groups is 2. The van der Waals surface area contributed by atoms with Crippen molar-refractivity contribution in [3.8, 4) is 5.75 Å². The molecule has 1 aromatic carbocycles. The fraction of sp³-hybridized carbons (Fsp3) is 0.692. The zero-order valence-electron chi connectivity index (χ0n) is 19.1. The van der Waals surface area contributed by atoms with Crippen LogP contribution in [0, 0.1) is 28.6 Å². The third-order valence-corrected chi connectivity index (χ3v) is 9.44. The molecule has 31 heavy (non-hydrogen) atoms. The second kappa shape index (κ2) is 7.53. The van der Waals surface area contributed by atoms with Gasteiger partial charge in [-0.1, -0.05) is 19.9 Å². The molecule has 5 rings (SSSR count). The molecule has 0 aromatic heterocycles. The van der Waals surface area contributed by atoms with Gasteiger partial charge in [0.15, 0.2) is 0 Å². The van der Waals surface area contributed by atoms with Gasteiger partial charge in [0.2, 0.25) is 11.8 Å². The number of carbonyl (C=O) groups excluding carboxylic acids is 2.